The third kappa shape index (κ3) is 2.64. The van der Waals surface area contributed by atoms with E-state index in [2.05, 4.69) is 16.8 Å². The van der Waals surface area contributed by atoms with Gasteiger partial charge in [0.1, 0.15) is 11.6 Å². The smallest absolute Gasteiger partial charge is 0.226 e. The van der Waals surface area contributed by atoms with Gasteiger partial charge in [-0.3, -0.25) is 4.79 Å². The summed E-state index contributed by atoms with van der Waals surface area (Å²) in [4.78, 5) is 17.1. The molecule has 1 aliphatic rings. The molecule has 0 spiro atoms. The van der Waals surface area contributed by atoms with Gasteiger partial charge in [0.25, 0.3) is 0 Å². The second-order valence-corrected chi connectivity index (χ2v) is 8.24. The Morgan fingerprint density at radius 2 is 2.22 bits per heavy atom. The predicted molar refractivity (Wildman–Crippen MR) is 107 cm³/mol. The molecule has 27 heavy (non-hydrogen) atoms. The Kier molecular flexibility index (Phi) is 3.76. The molecule has 0 radical (unpaired) electrons. The molecule has 4 heterocycles. The largest absolute Gasteiger partial charge is 0.497 e. The zero-order chi connectivity index (χ0) is 18.5. The van der Waals surface area contributed by atoms with Crippen molar-refractivity contribution in [2.45, 2.75) is 19.3 Å². The number of nitrogens with one attached hydrogen (secondary N) is 1. The molecule has 1 N–H and O–H groups in total. The molecule has 0 saturated heterocycles. The van der Waals surface area contributed by atoms with Crippen LogP contribution in [0.25, 0.3) is 15.3 Å². The third-order valence-corrected chi connectivity index (χ3v) is 6.51. The van der Waals surface area contributed by atoms with Gasteiger partial charge in [0.15, 0.2) is 0 Å². The minimum Gasteiger partial charge on any atom is -0.497 e. The lowest BCUT2D eigenvalue weighted by molar-refractivity contribution is -0.116. The van der Waals surface area contributed by atoms with Crippen molar-refractivity contribution in [2.24, 2.45) is 0 Å². The van der Waals surface area contributed by atoms with Gasteiger partial charge >= 0.3 is 0 Å². The quantitative estimate of drug-likeness (QED) is 0.559. The van der Waals surface area contributed by atoms with Crippen LogP contribution >= 0.6 is 22.7 Å². The lowest BCUT2D eigenvalue weighted by Crippen LogP contribution is -2.24. The molecule has 0 unspecified atom stereocenters. The summed E-state index contributed by atoms with van der Waals surface area (Å²) in [6.45, 7) is 1.99. The number of ether oxygens (including phenoxy) is 1. The third-order valence-electron chi connectivity index (χ3n) is 4.81. The summed E-state index contributed by atoms with van der Waals surface area (Å²) in [7, 11) is 1.65. The van der Waals surface area contributed by atoms with E-state index in [9.17, 15) is 4.79 Å². The van der Waals surface area contributed by atoms with Gasteiger partial charge in [-0.15, -0.1) is 0 Å². The number of carbonyl (C=O) groups is 1. The number of amides is 1. The van der Waals surface area contributed by atoms with E-state index in [1.54, 1.807) is 23.1 Å². The molecule has 0 saturated carbocycles. The highest BCUT2D eigenvalue weighted by Crippen LogP contribution is 2.41. The van der Waals surface area contributed by atoms with Crippen molar-refractivity contribution < 1.29 is 9.53 Å². The number of thiazole rings is 1. The average molecular weight is 396 g/mol. The maximum Gasteiger partial charge on any atom is 0.226 e. The normalized spacial score (nSPS) is 16.4. The fourth-order valence-electron chi connectivity index (χ4n) is 3.55. The maximum absolute atomic E-state index is 12.4. The highest BCUT2D eigenvalue weighted by atomic mass is 32.1. The molecule has 1 amide bonds. The molecule has 0 bridgehead atoms. The van der Waals surface area contributed by atoms with E-state index < -0.39 is 0 Å². The van der Waals surface area contributed by atoms with Gasteiger partial charge in [0, 0.05) is 17.9 Å². The number of methoxy groups -OCH3 is 1. The van der Waals surface area contributed by atoms with Crippen molar-refractivity contribution in [3.63, 3.8) is 0 Å². The molecule has 0 fully saturated rings. The summed E-state index contributed by atoms with van der Waals surface area (Å²) < 4.78 is 8.08. The number of aryl methyl sites for hydroxylation is 1. The molecule has 4 aromatic rings. The summed E-state index contributed by atoms with van der Waals surface area (Å²) in [6.07, 6.45) is 0.438. The Labute approximate surface area is 163 Å². The number of hydrogen-bond donors (Lipinski definition) is 1. The van der Waals surface area contributed by atoms with Crippen LogP contribution in [-0.4, -0.2) is 27.8 Å². The molecule has 6 nitrogen and oxygen atoms in total. The number of fused-ring (bicyclic) bond motifs is 2. The predicted octanol–water partition coefficient (Wildman–Crippen LogP) is 4.33. The van der Waals surface area contributed by atoms with E-state index in [0.717, 1.165) is 43.7 Å². The standard InChI is InChI=1S/C19H16N4O2S2/c1-10-17-13(11-5-6-26-9-11)8-16(24)21-18(17)23(22-10)19-20-14-4-3-12(25-2)7-15(14)27-19/h3-7,9,13H,8H2,1-2H3,(H,21,24)/t13-/m1/s1. The first-order valence-electron chi connectivity index (χ1n) is 8.50. The molecular formula is C19H16N4O2S2. The van der Waals surface area contributed by atoms with Crippen LogP contribution in [-0.2, 0) is 4.79 Å². The summed E-state index contributed by atoms with van der Waals surface area (Å²) in [5, 5.41) is 12.6. The molecule has 8 heteroatoms. The highest BCUT2D eigenvalue weighted by Gasteiger charge is 2.33. The maximum atomic E-state index is 12.4. The van der Waals surface area contributed by atoms with Crippen molar-refractivity contribution in [1.82, 2.24) is 14.8 Å². The highest BCUT2D eigenvalue weighted by molar-refractivity contribution is 7.20. The van der Waals surface area contributed by atoms with Crippen molar-refractivity contribution in [2.75, 3.05) is 12.4 Å². The van der Waals surface area contributed by atoms with Crippen LogP contribution in [0.3, 0.4) is 0 Å². The Hall–Kier alpha value is -2.71. The van der Waals surface area contributed by atoms with E-state index in [-0.39, 0.29) is 11.8 Å². The monoisotopic (exact) mass is 396 g/mol. The van der Waals surface area contributed by atoms with Crippen molar-refractivity contribution in [3.05, 3.63) is 51.8 Å². The van der Waals surface area contributed by atoms with Crippen molar-refractivity contribution >= 4 is 44.6 Å². The number of thiophene rings is 1. The molecule has 5 rings (SSSR count). The van der Waals surface area contributed by atoms with Gasteiger partial charge in [0.2, 0.25) is 11.0 Å². The number of anilines is 1. The SMILES string of the molecule is COc1ccc2nc(-n3nc(C)c4c3NC(=O)C[C@@H]4c3ccsc3)sc2c1. The molecule has 1 aromatic carbocycles. The molecule has 136 valence electrons. The summed E-state index contributed by atoms with van der Waals surface area (Å²) in [5.41, 5.74) is 4.03. The molecular weight excluding hydrogens is 380 g/mol. The fraction of sp³-hybridized carbons (Fsp3) is 0.211. The van der Waals surface area contributed by atoms with Gasteiger partial charge in [-0.05, 0) is 47.5 Å². The second kappa shape index (κ2) is 6.17. The van der Waals surface area contributed by atoms with Crippen molar-refractivity contribution in [3.8, 4) is 10.9 Å². The molecule has 1 aliphatic heterocycles. The molecule has 3 aromatic heterocycles. The van der Waals surface area contributed by atoms with Crippen LogP contribution < -0.4 is 10.1 Å². The Morgan fingerprint density at radius 3 is 3.00 bits per heavy atom. The lowest BCUT2D eigenvalue weighted by Gasteiger charge is -2.23. The van der Waals surface area contributed by atoms with E-state index in [1.165, 1.54) is 11.3 Å². The van der Waals surface area contributed by atoms with Crippen LogP contribution in [0.5, 0.6) is 5.75 Å². The number of carbonyl (C=O) groups excluding carboxylic acids is 1. The summed E-state index contributed by atoms with van der Waals surface area (Å²) in [5.74, 6) is 1.55. The first kappa shape index (κ1) is 16.5. The van der Waals surface area contributed by atoms with E-state index >= 15 is 0 Å². The van der Waals surface area contributed by atoms with Crippen molar-refractivity contribution in [1.29, 1.82) is 0 Å². The zero-order valence-electron chi connectivity index (χ0n) is 14.7. The van der Waals surface area contributed by atoms with Crippen LogP contribution in [0.2, 0.25) is 0 Å². The Morgan fingerprint density at radius 1 is 1.33 bits per heavy atom. The summed E-state index contributed by atoms with van der Waals surface area (Å²) >= 11 is 3.17. The Bertz CT molecular complexity index is 1160. The number of aromatic nitrogens is 3. The topological polar surface area (TPSA) is 69.0 Å². The minimum atomic E-state index is 0.00244. The van der Waals surface area contributed by atoms with Crippen LogP contribution in [0.15, 0.2) is 35.0 Å². The van der Waals surface area contributed by atoms with Crippen LogP contribution in [0.4, 0.5) is 5.82 Å². The van der Waals surface area contributed by atoms with E-state index in [1.807, 2.05) is 30.5 Å². The first-order chi connectivity index (χ1) is 13.1. The Balaban J connectivity index is 1.67. The molecule has 1 atom stereocenters. The van der Waals surface area contributed by atoms with Crippen LogP contribution in [0.1, 0.15) is 29.2 Å². The summed E-state index contributed by atoms with van der Waals surface area (Å²) in [6, 6.07) is 7.87. The number of hydrogen-bond acceptors (Lipinski definition) is 6. The zero-order valence-corrected chi connectivity index (χ0v) is 16.4. The minimum absolute atomic E-state index is 0.00244. The first-order valence-corrected chi connectivity index (χ1v) is 10.3. The van der Waals surface area contributed by atoms with Gasteiger partial charge in [-0.25, -0.2) is 4.98 Å². The number of rotatable bonds is 3. The molecule has 0 aliphatic carbocycles. The van der Waals surface area contributed by atoms with Gasteiger partial charge in [-0.2, -0.15) is 21.1 Å². The number of benzene rings is 1. The second-order valence-electron chi connectivity index (χ2n) is 6.45. The van der Waals surface area contributed by atoms with E-state index in [0.29, 0.717) is 6.42 Å². The van der Waals surface area contributed by atoms with Gasteiger partial charge < -0.3 is 10.1 Å². The van der Waals surface area contributed by atoms with Gasteiger partial charge in [-0.1, -0.05) is 11.3 Å². The lowest BCUT2D eigenvalue weighted by atomic mass is 9.87. The van der Waals surface area contributed by atoms with Gasteiger partial charge in [0.05, 0.1) is 23.0 Å². The number of nitrogens with zero attached hydrogens (tertiary/aromatic N) is 3. The van der Waals surface area contributed by atoms with Crippen LogP contribution in [0, 0.1) is 6.92 Å². The average Bonchev–Trinajstić information content (AvgIpc) is 3.39. The van der Waals surface area contributed by atoms with E-state index in [4.69, 9.17) is 14.8 Å². The fourth-order valence-corrected chi connectivity index (χ4v) is 5.22.